The molecule has 0 saturated carbocycles. The number of ether oxygens (including phenoxy) is 1. The molecule has 6 nitrogen and oxygen atoms in total. The summed E-state index contributed by atoms with van der Waals surface area (Å²) < 4.78 is 5.03. The number of amides is 1. The average molecular weight is 240 g/mol. The van der Waals surface area contributed by atoms with Gasteiger partial charge in [0, 0.05) is 5.69 Å². The van der Waals surface area contributed by atoms with E-state index in [2.05, 4.69) is 10.3 Å². The van der Waals surface area contributed by atoms with Crippen molar-refractivity contribution in [2.45, 2.75) is 33.3 Å². The van der Waals surface area contributed by atoms with Gasteiger partial charge in [-0.15, -0.1) is 0 Å². The number of carbonyl (C=O) groups is 2. The lowest BCUT2D eigenvalue weighted by molar-refractivity contribution is 0.0636. The van der Waals surface area contributed by atoms with Crippen LogP contribution >= 0.6 is 0 Å². The van der Waals surface area contributed by atoms with Crippen molar-refractivity contribution in [3.8, 4) is 0 Å². The molecule has 0 aliphatic carbocycles. The lowest BCUT2D eigenvalue weighted by atomic mass is 10.2. The Labute approximate surface area is 99.0 Å². The van der Waals surface area contributed by atoms with Crippen LogP contribution in [0.5, 0.6) is 0 Å². The van der Waals surface area contributed by atoms with Gasteiger partial charge in [-0.2, -0.15) is 0 Å². The number of aryl methyl sites for hydroxylation is 1. The van der Waals surface area contributed by atoms with Crippen LogP contribution in [0.4, 0.5) is 10.5 Å². The molecule has 0 bridgehead atoms. The summed E-state index contributed by atoms with van der Waals surface area (Å²) in [6, 6.07) is 1.54. The fraction of sp³-hybridized carbons (Fsp3) is 0.455. The molecule has 17 heavy (non-hydrogen) atoms. The number of rotatable bonds is 2. The van der Waals surface area contributed by atoms with Crippen LogP contribution in [0.25, 0.3) is 0 Å². The van der Waals surface area contributed by atoms with E-state index in [0.717, 1.165) is 0 Å². The van der Waals surface area contributed by atoms with E-state index in [4.69, 9.17) is 9.84 Å². The minimum absolute atomic E-state index is 0.0617. The fourth-order valence-corrected chi connectivity index (χ4v) is 1.27. The lowest BCUT2D eigenvalue weighted by Gasteiger charge is -2.19. The fourth-order valence-electron chi connectivity index (χ4n) is 1.27. The Kier molecular flexibility index (Phi) is 3.45. The number of aromatic carboxylic acids is 1. The Hall–Kier alpha value is -1.98. The molecular weight excluding hydrogens is 224 g/mol. The molecule has 1 aromatic rings. The Bertz CT molecular complexity index is 443. The molecule has 6 heteroatoms. The zero-order chi connectivity index (χ0) is 13.2. The van der Waals surface area contributed by atoms with Crippen LogP contribution in [0.2, 0.25) is 0 Å². The average Bonchev–Trinajstić information content (AvgIpc) is 2.42. The lowest BCUT2D eigenvalue weighted by Crippen LogP contribution is -2.27. The van der Waals surface area contributed by atoms with Crippen molar-refractivity contribution in [2.75, 3.05) is 5.32 Å². The van der Waals surface area contributed by atoms with E-state index < -0.39 is 17.7 Å². The van der Waals surface area contributed by atoms with Gasteiger partial charge >= 0.3 is 12.1 Å². The first-order valence-corrected chi connectivity index (χ1v) is 5.12. The maximum absolute atomic E-state index is 11.5. The van der Waals surface area contributed by atoms with Crippen LogP contribution in [0.3, 0.4) is 0 Å². The Morgan fingerprint density at radius 3 is 2.47 bits per heavy atom. The molecule has 0 aliphatic rings. The van der Waals surface area contributed by atoms with Crippen LogP contribution in [-0.4, -0.2) is 27.8 Å². The second kappa shape index (κ2) is 4.48. The second-order valence-electron chi connectivity index (χ2n) is 4.67. The SMILES string of the molecule is Cc1cc(NC(=O)OC(C)(C)C)c(C(=O)O)[nH]1. The van der Waals surface area contributed by atoms with Crippen LogP contribution in [0, 0.1) is 6.92 Å². The molecule has 94 valence electrons. The number of aromatic nitrogens is 1. The zero-order valence-electron chi connectivity index (χ0n) is 10.2. The quantitative estimate of drug-likeness (QED) is 0.740. The standard InChI is InChI=1S/C11H16N2O4/c1-6-5-7(8(12-6)9(14)15)13-10(16)17-11(2,3)4/h5,12H,1-4H3,(H,13,16)(H,14,15). The van der Waals surface area contributed by atoms with Crippen LogP contribution in [0.15, 0.2) is 6.07 Å². The molecular formula is C11H16N2O4. The number of hydrogen-bond donors (Lipinski definition) is 3. The predicted octanol–water partition coefficient (Wildman–Crippen LogP) is 2.37. The molecule has 0 radical (unpaired) electrons. The highest BCUT2D eigenvalue weighted by Gasteiger charge is 2.20. The molecule has 1 rings (SSSR count). The summed E-state index contributed by atoms with van der Waals surface area (Å²) in [5, 5.41) is 11.3. The van der Waals surface area contributed by atoms with Crippen LogP contribution < -0.4 is 5.32 Å². The predicted molar refractivity (Wildman–Crippen MR) is 62.3 cm³/mol. The first-order chi connectivity index (χ1) is 7.69. The molecule has 0 spiro atoms. The largest absolute Gasteiger partial charge is 0.477 e. The van der Waals surface area contributed by atoms with Crippen molar-refractivity contribution in [2.24, 2.45) is 0 Å². The number of carbonyl (C=O) groups excluding carboxylic acids is 1. The maximum atomic E-state index is 11.5. The molecule has 0 fully saturated rings. The molecule has 0 atom stereocenters. The van der Waals surface area contributed by atoms with Gasteiger partial charge in [0.15, 0.2) is 0 Å². The van der Waals surface area contributed by atoms with Crippen LogP contribution in [0.1, 0.15) is 37.0 Å². The Balaban J connectivity index is 2.81. The van der Waals surface area contributed by atoms with Gasteiger partial charge in [-0.05, 0) is 33.8 Å². The van der Waals surface area contributed by atoms with E-state index in [9.17, 15) is 9.59 Å². The van der Waals surface area contributed by atoms with Crippen molar-refractivity contribution in [1.82, 2.24) is 4.98 Å². The molecule has 1 aromatic heterocycles. The van der Waals surface area contributed by atoms with E-state index in [0.29, 0.717) is 5.69 Å². The summed E-state index contributed by atoms with van der Waals surface area (Å²) in [4.78, 5) is 25.0. The monoisotopic (exact) mass is 240 g/mol. The maximum Gasteiger partial charge on any atom is 0.412 e. The third kappa shape index (κ3) is 3.82. The highest BCUT2D eigenvalue weighted by Crippen LogP contribution is 2.18. The minimum atomic E-state index is -1.14. The highest BCUT2D eigenvalue weighted by atomic mass is 16.6. The number of nitrogens with one attached hydrogen (secondary N) is 2. The number of aromatic amines is 1. The van der Waals surface area contributed by atoms with E-state index in [-0.39, 0.29) is 11.4 Å². The minimum Gasteiger partial charge on any atom is -0.477 e. The van der Waals surface area contributed by atoms with E-state index in [1.54, 1.807) is 27.7 Å². The third-order valence-electron chi connectivity index (χ3n) is 1.80. The number of anilines is 1. The molecule has 0 aromatic carbocycles. The summed E-state index contributed by atoms with van der Waals surface area (Å²) in [5.74, 6) is -1.14. The summed E-state index contributed by atoms with van der Waals surface area (Å²) in [7, 11) is 0. The van der Waals surface area contributed by atoms with Gasteiger partial charge in [-0.3, -0.25) is 5.32 Å². The Morgan fingerprint density at radius 2 is 2.00 bits per heavy atom. The first-order valence-electron chi connectivity index (χ1n) is 5.12. The normalized spacial score (nSPS) is 11.1. The third-order valence-corrected chi connectivity index (χ3v) is 1.80. The van der Waals surface area contributed by atoms with Crippen molar-refractivity contribution in [1.29, 1.82) is 0 Å². The van der Waals surface area contributed by atoms with Gasteiger partial charge in [-0.25, -0.2) is 9.59 Å². The molecule has 0 aliphatic heterocycles. The molecule has 3 N–H and O–H groups in total. The van der Waals surface area contributed by atoms with Crippen molar-refractivity contribution < 1.29 is 19.4 Å². The Morgan fingerprint density at radius 1 is 1.41 bits per heavy atom. The summed E-state index contributed by atoms with van der Waals surface area (Å²) in [6.45, 7) is 6.89. The molecule has 0 unspecified atom stereocenters. The van der Waals surface area contributed by atoms with Crippen molar-refractivity contribution >= 4 is 17.7 Å². The number of carboxylic acid groups (broad SMARTS) is 1. The summed E-state index contributed by atoms with van der Waals surface area (Å²) >= 11 is 0. The van der Waals surface area contributed by atoms with Crippen molar-refractivity contribution in [3.05, 3.63) is 17.5 Å². The number of hydrogen-bond acceptors (Lipinski definition) is 3. The van der Waals surface area contributed by atoms with Gasteiger partial charge in [0.05, 0.1) is 5.69 Å². The van der Waals surface area contributed by atoms with E-state index in [1.165, 1.54) is 6.07 Å². The molecule has 1 heterocycles. The number of carboxylic acids is 1. The van der Waals surface area contributed by atoms with Gasteiger partial charge in [0.2, 0.25) is 0 Å². The van der Waals surface area contributed by atoms with Gasteiger partial charge in [-0.1, -0.05) is 0 Å². The van der Waals surface area contributed by atoms with Gasteiger partial charge < -0.3 is 14.8 Å². The molecule has 1 amide bonds. The van der Waals surface area contributed by atoms with Crippen molar-refractivity contribution in [3.63, 3.8) is 0 Å². The topological polar surface area (TPSA) is 91.4 Å². The highest BCUT2D eigenvalue weighted by molar-refractivity contribution is 5.97. The second-order valence-corrected chi connectivity index (χ2v) is 4.67. The molecule has 0 saturated heterocycles. The number of H-pyrrole nitrogens is 1. The van der Waals surface area contributed by atoms with E-state index in [1.807, 2.05) is 0 Å². The van der Waals surface area contributed by atoms with Gasteiger partial charge in [0.1, 0.15) is 11.3 Å². The van der Waals surface area contributed by atoms with Gasteiger partial charge in [0.25, 0.3) is 0 Å². The summed E-state index contributed by atoms with van der Waals surface area (Å²) in [6.07, 6.45) is -0.681. The van der Waals surface area contributed by atoms with Crippen LogP contribution in [-0.2, 0) is 4.74 Å². The summed E-state index contributed by atoms with van der Waals surface area (Å²) in [5.41, 5.74) is 0.157. The van der Waals surface area contributed by atoms with E-state index >= 15 is 0 Å². The first kappa shape index (κ1) is 13.1. The smallest absolute Gasteiger partial charge is 0.412 e. The zero-order valence-corrected chi connectivity index (χ0v) is 10.2.